The zero-order valence-corrected chi connectivity index (χ0v) is 31.9. The molecular weight excluding hydrogens is 636 g/mol. The maximum Gasteiger partial charge on any atom is 0.330 e. The smallest absolute Gasteiger partial charge is 0.330 e. The van der Waals surface area contributed by atoms with Crippen LogP contribution in [0.4, 0.5) is 0 Å². The zero-order chi connectivity index (χ0) is 37.0. The Hall–Kier alpha value is -1.59. The predicted molar refractivity (Wildman–Crippen MR) is 196 cm³/mol. The van der Waals surface area contributed by atoms with Gasteiger partial charge in [-0.1, -0.05) is 85.3 Å². The van der Waals surface area contributed by atoms with Crippen LogP contribution in [0.25, 0.3) is 0 Å². The lowest BCUT2D eigenvalue weighted by Crippen LogP contribution is -2.57. The lowest BCUT2D eigenvalue weighted by atomic mass is 9.80. The van der Waals surface area contributed by atoms with E-state index in [0.29, 0.717) is 37.5 Å². The fourth-order valence-corrected chi connectivity index (χ4v) is 7.90. The van der Waals surface area contributed by atoms with Gasteiger partial charge < -0.3 is 39.7 Å². The van der Waals surface area contributed by atoms with Gasteiger partial charge in [-0.05, 0) is 69.6 Å². The maximum absolute atomic E-state index is 13.4. The molecule has 0 aromatic rings. The first-order chi connectivity index (χ1) is 23.7. The fourth-order valence-electron chi connectivity index (χ4n) is 7.90. The molecule has 50 heavy (non-hydrogen) atoms. The van der Waals surface area contributed by atoms with Crippen molar-refractivity contribution in [1.29, 1.82) is 0 Å². The second-order valence-electron chi connectivity index (χ2n) is 16.0. The van der Waals surface area contributed by atoms with Gasteiger partial charge in [0.05, 0.1) is 42.7 Å². The summed E-state index contributed by atoms with van der Waals surface area (Å²) >= 11 is 0. The quantitative estimate of drug-likeness (QED) is 0.211. The fraction of sp³-hybridized carbons (Fsp3) is 0.829. The van der Waals surface area contributed by atoms with E-state index in [-0.39, 0.29) is 31.0 Å². The highest BCUT2D eigenvalue weighted by atomic mass is 16.7. The summed E-state index contributed by atoms with van der Waals surface area (Å²) in [6.07, 6.45) is 13.7. The van der Waals surface area contributed by atoms with Crippen molar-refractivity contribution in [2.75, 3.05) is 0 Å². The molecule has 9 heteroatoms. The SMILES string of the molecule is CCC[C@@H]1O[C@@]2(CC[C@@H]1C)C[C@@H]1OC(=O)/C=C/C(CC)C(O)C(C)C(O)CC(O)CC(O)C(C)C(O)CC/C=C/C=C/C(C)CC[C@H](O2)[C@H]1C. The lowest BCUT2D eigenvalue weighted by Gasteiger charge is -2.51. The van der Waals surface area contributed by atoms with E-state index < -0.39 is 66.1 Å². The third-order valence-electron chi connectivity index (χ3n) is 11.9. The summed E-state index contributed by atoms with van der Waals surface area (Å²) in [5.41, 5.74) is 0. The monoisotopic (exact) mass is 707 g/mol. The number of aliphatic hydroxyl groups excluding tert-OH is 5. The summed E-state index contributed by atoms with van der Waals surface area (Å²) in [5, 5.41) is 54.2. The molecule has 15 atom stereocenters. The molecule has 1 spiro atoms. The van der Waals surface area contributed by atoms with Crippen LogP contribution >= 0.6 is 0 Å². The molecule has 2 fully saturated rings. The first-order valence-electron chi connectivity index (χ1n) is 19.7. The maximum atomic E-state index is 13.4. The third kappa shape index (κ3) is 12.5. The third-order valence-corrected chi connectivity index (χ3v) is 11.9. The molecule has 5 N–H and O–H groups in total. The van der Waals surface area contributed by atoms with E-state index in [1.54, 1.807) is 19.9 Å². The van der Waals surface area contributed by atoms with Crippen LogP contribution < -0.4 is 0 Å². The molecule has 0 radical (unpaired) electrons. The number of esters is 1. The highest BCUT2D eigenvalue weighted by Crippen LogP contribution is 2.45. The standard InChI is InChI=1S/C41H70O9/c1-8-14-36-27(4)21-22-41(49-36)25-38-30(7)37(50-41)19-17-26(3)15-12-10-11-13-16-33(43)28(5)34(44)23-32(42)24-35(45)29(6)40(47)31(9-2)18-20-39(46)48-38/h10-12,15,18,20,26-38,40,42-45,47H,8-9,13-14,16-17,19,21-25H2,1-7H3/b11-10+,15-12+,20-18+/t26?,27-,28?,29?,30+,31?,32?,33?,34?,35?,36-,37-,38-,40?,41+/m0/s1. The number of fused-ring (bicyclic) bond motifs is 2. The highest BCUT2D eigenvalue weighted by Gasteiger charge is 2.51. The van der Waals surface area contributed by atoms with Gasteiger partial charge in [0.25, 0.3) is 0 Å². The number of carbonyl (C=O) groups is 1. The van der Waals surface area contributed by atoms with E-state index in [0.717, 1.165) is 38.5 Å². The average molecular weight is 707 g/mol. The molecule has 9 nitrogen and oxygen atoms in total. The summed E-state index contributed by atoms with van der Waals surface area (Å²) in [6.45, 7) is 14.1. The Morgan fingerprint density at radius 1 is 0.780 bits per heavy atom. The molecule has 3 rings (SSSR count). The van der Waals surface area contributed by atoms with Gasteiger partial charge in [0.2, 0.25) is 0 Å². The van der Waals surface area contributed by atoms with Crippen molar-refractivity contribution < 1.29 is 44.5 Å². The summed E-state index contributed by atoms with van der Waals surface area (Å²) < 4.78 is 19.8. The number of allylic oxidation sites excluding steroid dienone is 4. The molecule has 0 aromatic carbocycles. The number of hydrogen-bond acceptors (Lipinski definition) is 9. The molecular formula is C41H70O9. The summed E-state index contributed by atoms with van der Waals surface area (Å²) in [4.78, 5) is 13.4. The van der Waals surface area contributed by atoms with Gasteiger partial charge in [-0.15, -0.1) is 0 Å². The van der Waals surface area contributed by atoms with Crippen LogP contribution in [-0.4, -0.2) is 86.1 Å². The molecule has 288 valence electrons. The van der Waals surface area contributed by atoms with Gasteiger partial charge in [0, 0.05) is 42.6 Å². The van der Waals surface area contributed by atoms with E-state index in [1.165, 1.54) is 6.08 Å². The second kappa shape index (κ2) is 20.6. The van der Waals surface area contributed by atoms with Crippen LogP contribution in [0.3, 0.4) is 0 Å². The summed E-state index contributed by atoms with van der Waals surface area (Å²) in [5.74, 6) is -2.05. The molecule has 0 aliphatic carbocycles. The van der Waals surface area contributed by atoms with E-state index in [1.807, 2.05) is 25.2 Å². The Balaban J connectivity index is 1.85. The van der Waals surface area contributed by atoms with Crippen molar-refractivity contribution in [1.82, 2.24) is 0 Å². The van der Waals surface area contributed by atoms with Gasteiger partial charge in [-0.3, -0.25) is 0 Å². The summed E-state index contributed by atoms with van der Waals surface area (Å²) in [7, 11) is 0. The molecule has 0 amide bonds. The molecule has 0 aromatic heterocycles. The Bertz CT molecular complexity index is 1090. The highest BCUT2D eigenvalue weighted by molar-refractivity contribution is 5.82. The van der Waals surface area contributed by atoms with Crippen LogP contribution in [0, 0.1) is 35.5 Å². The van der Waals surface area contributed by atoms with Crippen LogP contribution in [0.2, 0.25) is 0 Å². The number of ether oxygens (including phenoxy) is 3. The largest absolute Gasteiger partial charge is 0.459 e. The topological polar surface area (TPSA) is 146 Å². The van der Waals surface area contributed by atoms with Gasteiger partial charge in [0.15, 0.2) is 5.79 Å². The first kappa shape index (κ1) is 42.8. The van der Waals surface area contributed by atoms with Gasteiger partial charge in [0.1, 0.15) is 6.10 Å². The first-order valence-corrected chi connectivity index (χ1v) is 19.7. The van der Waals surface area contributed by atoms with Crippen molar-refractivity contribution >= 4 is 5.97 Å². The van der Waals surface area contributed by atoms with Crippen molar-refractivity contribution in [3.05, 3.63) is 36.5 Å². The summed E-state index contributed by atoms with van der Waals surface area (Å²) in [6, 6.07) is 0. The molecule has 2 saturated heterocycles. The van der Waals surface area contributed by atoms with E-state index >= 15 is 0 Å². The van der Waals surface area contributed by atoms with Crippen molar-refractivity contribution in [3.8, 4) is 0 Å². The van der Waals surface area contributed by atoms with Crippen LogP contribution in [0.1, 0.15) is 126 Å². The Labute approximate surface area is 302 Å². The normalized spacial score (nSPS) is 45.7. The number of hydrogen-bond donors (Lipinski definition) is 5. The minimum Gasteiger partial charge on any atom is -0.459 e. The number of carbonyl (C=O) groups excluding carboxylic acids is 1. The van der Waals surface area contributed by atoms with Gasteiger partial charge in [-0.2, -0.15) is 0 Å². The van der Waals surface area contributed by atoms with Crippen molar-refractivity contribution in [2.45, 2.75) is 180 Å². The van der Waals surface area contributed by atoms with Crippen molar-refractivity contribution in [2.24, 2.45) is 35.5 Å². The Morgan fingerprint density at radius 2 is 1.48 bits per heavy atom. The van der Waals surface area contributed by atoms with Crippen LogP contribution in [0.15, 0.2) is 36.5 Å². The Morgan fingerprint density at radius 3 is 2.16 bits per heavy atom. The van der Waals surface area contributed by atoms with E-state index in [2.05, 4.69) is 33.8 Å². The van der Waals surface area contributed by atoms with E-state index in [9.17, 15) is 30.3 Å². The van der Waals surface area contributed by atoms with Gasteiger partial charge >= 0.3 is 5.97 Å². The van der Waals surface area contributed by atoms with Crippen LogP contribution in [0.5, 0.6) is 0 Å². The van der Waals surface area contributed by atoms with Crippen molar-refractivity contribution in [3.63, 3.8) is 0 Å². The molecule has 9 unspecified atom stereocenters. The lowest BCUT2D eigenvalue weighted by molar-refractivity contribution is -0.346. The molecule has 3 aliphatic heterocycles. The second-order valence-corrected chi connectivity index (χ2v) is 16.0. The molecule has 3 heterocycles. The Kier molecular flexibility index (Phi) is 17.6. The molecule has 0 saturated carbocycles. The minimum atomic E-state index is -1.03. The molecule has 2 bridgehead atoms. The van der Waals surface area contributed by atoms with Crippen LogP contribution in [-0.2, 0) is 19.0 Å². The number of rotatable bonds is 3. The molecule has 3 aliphatic rings. The minimum absolute atomic E-state index is 0.00755. The number of aliphatic hydroxyl groups is 5. The average Bonchev–Trinajstić information content (AvgIpc) is 3.07. The predicted octanol–water partition coefficient (Wildman–Crippen LogP) is 6.40. The van der Waals surface area contributed by atoms with Gasteiger partial charge in [-0.25, -0.2) is 4.79 Å². The van der Waals surface area contributed by atoms with E-state index in [4.69, 9.17) is 14.2 Å². The zero-order valence-electron chi connectivity index (χ0n) is 31.9.